The quantitative estimate of drug-likeness (QED) is 0.831. The SMILES string of the molecule is CC(C)(O)CCc1cccc(C(=O)N2CCC(N3CCCC(O)C3)CC2)c1. The van der Waals surface area contributed by atoms with Crippen molar-refractivity contribution in [3.63, 3.8) is 0 Å². The van der Waals surface area contributed by atoms with E-state index in [4.69, 9.17) is 0 Å². The fraction of sp³-hybridized carbons (Fsp3) is 0.682. The van der Waals surface area contributed by atoms with Crippen LogP contribution in [0.25, 0.3) is 0 Å². The summed E-state index contributed by atoms with van der Waals surface area (Å²) in [5.74, 6) is 0.109. The number of carbonyl (C=O) groups excluding carboxylic acids is 1. The molecule has 1 aromatic rings. The highest BCUT2D eigenvalue weighted by Crippen LogP contribution is 2.23. The lowest BCUT2D eigenvalue weighted by atomic mass is 9.96. The minimum atomic E-state index is -0.691. The molecular formula is C22H34N2O3. The third kappa shape index (κ3) is 5.77. The highest BCUT2D eigenvalue weighted by Gasteiger charge is 2.30. The summed E-state index contributed by atoms with van der Waals surface area (Å²) in [6.45, 7) is 7.04. The molecule has 27 heavy (non-hydrogen) atoms. The van der Waals surface area contributed by atoms with Gasteiger partial charge in [-0.1, -0.05) is 12.1 Å². The molecule has 3 rings (SSSR count). The van der Waals surface area contributed by atoms with Crippen molar-refractivity contribution in [1.29, 1.82) is 0 Å². The smallest absolute Gasteiger partial charge is 0.253 e. The van der Waals surface area contributed by atoms with Gasteiger partial charge in [-0.2, -0.15) is 0 Å². The Kier molecular flexibility index (Phi) is 6.56. The van der Waals surface area contributed by atoms with Crippen molar-refractivity contribution in [2.75, 3.05) is 26.2 Å². The predicted octanol–water partition coefficient (Wildman–Crippen LogP) is 2.45. The van der Waals surface area contributed by atoms with Crippen LogP contribution in [0.1, 0.15) is 61.9 Å². The summed E-state index contributed by atoms with van der Waals surface area (Å²) in [6, 6.07) is 8.32. The van der Waals surface area contributed by atoms with Crippen LogP contribution in [0.3, 0.4) is 0 Å². The fourth-order valence-corrected chi connectivity index (χ4v) is 4.24. The first-order valence-electron chi connectivity index (χ1n) is 10.3. The highest BCUT2D eigenvalue weighted by molar-refractivity contribution is 5.94. The number of benzene rings is 1. The normalized spacial score (nSPS) is 22.8. The maximum Gasteiger partial charge on any atom is 0.253 e. The number of aliphatic hydroxyl groups is 2. The molecule has 5 nitrogen and oxygen atoms in total. The van der Waals surface area contributed by atoms with Crippen molar-refractivity contribution in [2.24, 2.45) is 0 Å². The molecule has 0 radical (unpaired) electrons. The van der Waals surface area contributed by atoms with Crippen LogP contribution in [0.2, 0.25) is 0 Å². The zero-order chi connectivity index (χ0) is 19.4. The number of amides is 1. The lowest BCUT2D eigenvalue weighted by molar-refractivity contribution is 0.0241. The number of hydrogen-bond acceptors (Lipinski definition) is 4. The molecule has 1 atom stereocenters. The van der Waals surface area contributed by atoms with Gasteiger partial charge in [0.1, 0.15) is 0 Å². The van der Waals surface area contributed by atoms with E-state index in [0.29, 0.717) is 12.5 Å². The van der Waals surface area contributed by atoms with Crippen LogP contribution in [0.5, 0.6) is 0 Å². The first-order valence-corrected chi connectivity index (χ1v) is 10.3. The Hall–Kier alpha value is -1.43. The van der Waals surface area contributed by atoms with E-state index in [1.54, 1.807) is 0 Å². The molecule has 1 amide bonds. The second kappa shape index (κ2) is 8.72. The van der Waals surface area contributed by atoms with E-state index in [2.05, 4.69) is 4.90 Å². The summed E-state index contributed by atoms with van der Waals surface area (Å²) in [4.78, 5) is 17.3. The van der Waals surface area contributed by atoms with Gasteiger partial charge in [0.2, 0.25) is 0 Å². The van der Waals surface area contributed by atoms with Crippen LogP contribution < -0.4 is 0 Å². The van der Waals surface area contributed by atoms with Gasteiger partial charge in [0.15, 0.2) is 0 Å². The third-order valence-electron chi connectivity index (χ3n) is 5.90. The number of aliphatic hydroxyl groups excluding tert-OH is 1. The number of nitrogens with zero attached hydrogens (tertiary/aromatic N) is 2. The monoisotopic (exact) mass is 374 g/mol. The second-order valence-corrected chi connectivity index (χ2v) is 8.83. The molecule has 0 saturated carbocycles. The van der Waals surface area contributed by atoms with Crippen molar-refractivity contribution in [3.8, 4) is 0 Å². The molecule has 2 fully saturated rings. The number of piperidine rings is 2. The van der Waals surface area contributed by atoms with Crippen LogP contribution in [0.4, 0.5) is 0 Å². The standard InChI is InChI=1S/C22H34N2O3/c1-22(2,27)11-8-17-5-3-6-18(15-17)21(26)23-13-9-19(10-14-23)24-12-4-7-20(25)16-24/h3,5-6,15,19-20,25,27H,4,7-14,16H2,1-2H3. The van der Waals surface area contributed by atoms with E-state index in [0.717, 1.165) is 69.4 Å². The van der Waals surface area contributed by atoms with Gasteiger partial charge < -0.3 is 15.1 Å². The van der Waals surface area contributed by atoms with E-state index in [-0.39, 0.29) is 12.0 Å². The van der Waals surface area contributed by atoms with Gasteiger partial charge in [0, 0.05) is 31.2 Å². The molecule has 0 spiro atoms. The number of β-amino-alcohol motifs (C(OH)–C–C–N with tert-alkyl or cyclic N) is 1. The van der Waals surface area contributed by atoms with Crippen LogP contribution >= 0.6 is 0 Å². The average Bonchev–Trinajstić information content (AvgIpc) is 2.66. The summed E-state index contributed by atoms with van der Waals surface area (Å²) in [5.41, 5.74) is 1.15. The number of aryl methyl sites for hydroxylation is 1. The zero-order valence-electron chi connectivity index (χ0n) is 16.7. The van der Waals surface area contributed by atoms with Gasteiger partial charge in [-0.3, -0.25) is 9.69 Å². The minimum absolute atomic E-state index is 0.109. The summed E-state index contributed by atoms with van der Waals surface area (Å²) in [7, 11) is 0. The summed E-state index contributed by atoms with van der Waals surface area (Å²) in [6.07, 6.45) is 5.20. The van der Waals surface area contributed by atoms with Crippen molar-refractivity contribution in [3.05, 3.63) is 35.4 Å². The van der Waals surface area contributed by atoms with Crippen molar-refractivity contribution in [2.45, 2.75) is 70.1 Å². The van der Waals surface area contributed by atoms with Gasteiger partial charge >= 0.3 is 0 Å². The number of carbonyl (C=O) groups is 1. The molecule has 0 aliphatic carbocycles. The molecule has 2 N–H and O–H groups in total. The van der Waals surface area contributed by atoms with E-state index in [1.165, 1.54) is 0 Å². The first kappa shape index (κ1) is 20.3. The average molecular weight is 375 g/mol. The number of rotatable bonds is 5. The van der Waals surface area contributed by atoms with Crippen LogP contribution in [0.15, 0.2) is 24.3 Å². The Morgan fingerprint density at radius 1 is 1.19 bits per heavy atom. The molecule has 5 heteroatoms. The molecule has 2 saturated heterocycles. The van der Waals surface area contributed by atoms with Crippen molar-refractivity contribution in [1.82, 2.24) is 9.80 Å². The lowest BCUT2D eigenvalue weighted by Gasteiger charge is -2.41. The van der Waals surface area contributed by atoms with Gasteiger partial charge in [-0.15, -0.1) is 0 Å². The van der Waals surface area contributed by atoms with Gasteiger partial charge in [0.05, 0.1) is 11.7 Å². The van der Waals surface area contributed by atoms with Gasteiger partial charge in [0.25, 0.3) is 5.91 Å². The molecule has 2 aliphatic heterocycles. The zero-order valence-corrected chi connectivity index (χ0v) is 16.7. The number of likely N-dealkylation sites (tertiary alicyclic amines) is 2. The second-order valence-electron chi connectivity index (χ2n) is 8.83. The third-order valence-corrected chi connectivity index (χ3v) is 5.90. The van der Waals surface area contributed by atoms with E-state index in [9.17, 15) is 15.0 Å². The predicted molar refractivity (Wildman–Crippen MR) is 107 cm³/mol. The molecular weight excluding hydrogens is 340 g/mol. The van der Waals surface area contributed by atoms with Crippen LogP contribution in [0, 0.1) is 0 Å². The van der Waals surface area contributed by atoms with Gasteiger partial charge in [-0.25, -0.2) is 0 Å². The molecule has 2 aliphatic rings. The lowest BCUT2D eigenvalue weighted by Crippen LogP contribution is -2.50. The minimum Gasteiger partial charge on any atom is -0.392 e. The first-order chi connectivity index (χ1) is 12.8. The Morgan fingerprint density at radius 2 is 1.93 bits per heavy atom. The molecule has 150 valence electrons. The van der Waals surface area contributed by atoms with Crippen molar-refractivity contribution >= 4 is 5.91 Å². The molecule has 1 unspecified atom stereocenters. The van der Waals surface area contributed by atoms with Crippen LogP contribution in [-0.2, 0) is 6.42 Å². The molecule has 2 heterocycles. The Bertz CT molecular complexity index is 633. The van der Waals surface area contributed by atoms with Crippen LogP contribution in [-0.4, -0.2) is 69.8 Å². The topological polar surface area (TPSA) is 64.0 Å². The van der Waals surface area contributed by atoms with Crippen molar-refractivity contribution < 1.29 is 15.0 Å². The molecule has 1 aromatic carbocycles. The molecule has 0 bridgehead atoms. The van der Waals surface area contributed by atoms with E-state index in [1.807, 2.05) is 43.0 Å². The Labute approximate surface area is 163 Å². The largest absolute Gasteiger partial charge is 0.392 e. The van der Waals surface area contributed by atoms with E-state index < -0.39 is 5.60 Å². The highest BCUT2D eigenvalue weighted by atomic mass is 16.3. The summed E-state index contributed by atoms with van der Waals surface area (Å²) < 4.78 is 0. The van der Waals surface area contributed by atoms with E-state index >= 15 is 0 Å². The Morgan fingerprint density at radius 3 is 2.59 bits per heavy atom. The van der Waals surface area contributed by atoms with Gasteiger partial charge in [-0.05, 0) is 76.6 Å². The summed E-state index contributed by atoms with van der Waals surface area (Å²) in [5, 5.41) is 19.8. The Balaban J connectivity index is 1.54. The molecule has 0 aromatic heterocycles. The number of hydrogen-bond donors (Lipinski definition) is 2. The maximum absolute atomic E-state index is 12.9. The maximum atomic E-state index is 12.9. The summed E-state index contributed by atoms with van der Waals surface area (Å²) >= 11 is 0. The fourth-order valence-electron chi connectivity index (χ4n) is 4.24.